The van der Waals surface area contributed by atoms with Crippen molar-refractivity contribution < 1.29 is 26.7 Å². The molecule has 1 aliphatic rings. The summed E-state index contributed by atoms with van der Waals surface area (Å²) in [6.07, 6.45) is 0. The largest absolute Gasteiger partial charge is 0.379 e. The van der Waals surface area contributed by atoms with Crippen molar-refractivity contribution in [1.29, 1.82) is 0 Å². The number of hydrogen-bond donors (Lipinski definition) is 1. The molecule has 11 heteroatoms. The van der Waals surface area contributed by atoms with E-state index in [0.717, 1.165) is 18.2 Å². The van der Waals surface area contributed by atoms with Gasteiger partial charge in [-0.2, -0.15) is 4.31 Å². The van der Waals surface area contributed by atoms with E-state index in [1.54, 1.807) is 0 Å². The fourth-order valence-electron chi connectivity index (χ4n) is 2.82. The lowest BCUT2D eigenvalue weighted by molar-refractivity contribution is 0.0730. The van der Waals surface area contributed by atoms with Gasteiger partial charge in [-0.3, -0.25) is 4.79 Å². The van der Waals surface area contributed by atoms with Crippen LogP contribution in [0.3, 0.4) is 0 Å². The van der Waals surface area contributed by atoms with Gasteiger partial charge in [-0.05, 0) is 30.7 Å². The van der Waals surface area contributed by atoms with E-state index in [0.29, 0.717) is 0 Å². The van der Waals surface area contributed by atoms with Crippen molar-refractivity contribution in [3.63, 3.8) is 0 Å². The number of amides is 1. The second-order valence-electron chi connectivity index (χ2n) is 6.32. The molecule has 2 aromatic carbocycles. The Hall–Kier alpha value is -1.78. The minimum absolute atomic E-state index is 0.00177. The average molecular weight is 465 g/mol. The average Bonchev–Trinajstić information content (AvgIpc) is 2.66. The third kappa shape index (κ3) is 4.54. The third-order valence-corrected chi connectivity index (χ3v) is 7.00. The number of anilines is 1. The fraction of sp³-hybridized carbons (Fsp3) is 0.278. The molecule has 0 saturated carbocycles. The molecule has 0 spiro atoms. The first-order valence-corrected chi connectivity index (χ1v) is 10.6. The van der Waals surface area contributed by atoms with Crippen LogP contribution in [0.2, 0.25) is 10.0 Å². The van der Waals surface area contributed by atoms with Crippen LogP contribution in [-0.4, -0.2) is 44.9 Å². The number of hydrogen-bond acceptors (Lipinski definition) is 4. The molecule has 0 radical (unpaired) electrons. The number of carbonyl (C=O) groups excluding carboxylic acids is 1. The lowest BCUT2D eigenvalue weighted by Crippen LogP contribution is -2.40. The quantitative estimate of drug-likeness (QED) is 0.745. The number of halogens is 4. The number of carbonyl (C=O) groups is 1. The predicted molar refractivity (Wildman–Crippen MR) is 105 cm³/mol. The number of sulfonamides is 1. The highest BCUT2D eigenvalue weighted by Gasteiger charge is 2.30. The van der Waals surface area contributed by atoms with E-state index in [1.807, 2.05) is 0 Å². The number of ether oxygens (including phenoxy) is 1. The zero-order valence-electron chi connectivity index (χ0n) is 15.1. The van der Waals surface area contributed by atoms with E-state index in [4.69, 9.17) is 27.9 Å². The van der Waals surface area contributed by atoms with Crippen molar-refractivity contribution in [1.82, 2.24) is 4.31 Å². The van der Waals surface area contributed by atoms with Gasteiger partial charge in [0.15, 0.2) is 11.6 Å². The molecule has 0 aliphatic carbocycles. The Bertz CT molecular complexity index is 1050. The van der Waals surface area contributed by atoms with Crippen LogP contribution < -0.4 is 5.32 Å². The minimum Gasteiger partial charge on any atom is -0.379 e. The van der Waals surface area contributed by atoms with Crippen LogP contribution in [-0.2, 0) is 14.8 Å². The molecule has 156 valence electrons. The summed E-state index contributed by atoms with van der Waals surface area (Å²) in [5.41, 5.74) is -0.182. The lowest BCUT2D eigenvalue weighted by Gasteiger charge is -2.26. The van der Waals surface area contributed by atoms with Crippen LogP contribution >= 0.6 is 23.2 Å². The first-order valence-electron chi connectivity index (χ1n) is 8.45. The molecule has 0 unspecified atom stereocenters. The third-order valence-electron chi connectivity index (χ3n) is 4.32. The smallest absolute Gasteiger partial charge is 0.257 e. The maximum Gasteiger partial charge on any atom is 0.257 e. The Balaban J connectivity index is 1.96. The summed E-state index contributed by atoms with van der Waals surface area (Å²) in [4.78, 5) is 12.3. The summed E-state index contributed by atoms with van der Waals surface area (Å²) in [7, 11) is -3.98. The number of aryl methyl sites for hydroxylation is 1. The molecule has 1 N–H and O–H groups in total. The van der Waals surface area contributed by atoms with Gasteiger partial charge in [0, 0.05) is 24.8 Å². The number of nitrogens with zero attached hydrogens (tertiary/aromatic N) is 1. The van der Waals surface area contributed by atoms with Crippen LogP contribution in [0.5, 0.6) is 0 Å². The maximum atomic E-state index is 13.6. The first-order chi connectivity index (χ1) is 13.6. The molecule has 2 aromatic rings. The van der Waals surface area contributed by atoms with Crippen molar-refractivity contribution >= 4 is 44.8 Å². The highest BCUT2D eigenvalue weighted by molar-refractivity contribution is 7.89. The highest BCUT2D eigenvalue weighted by atomic mass is 35.5. The van der Waals surface area contributed by atoms with E-state index in [2.05, 4.69) is 5.32 Å². The van der Waals surface area contributed by atoms with Gasteiger partial charge < -0.3 is 10.1 Å². The molecule has 0 bridgehead atoms. The van der Waals surface area contributed by atoms with E-state index < -0.39 is 27.6 Å². The van der Waals surface area contributed by atoms with Gasteiger partial charge in [0.2, 0.25) is 10.0 Å². The molecule has 1 fully saturated rings. The summed E-state index contributed by atoms with van der Waals surface area (Å²) in [5.74, 6) is -2.94. The molecule has 6 nitrogen and oxygen atoms in total. The Morgan fingerprint density at radius 3 is 2.38 bits per heavy atom. The zero-order chi connectivity index (χ0) is 21.3. The molecule has 0 atom stereocenters. The van der Waals surface area contributed by atoms with Gasteiger partial charge in [0.05, 0.1) is 28.8 Å². The normalized spacial score (nSPS) is 15.3. The van der Waals surface area contributed by atoms with Gasteiger partial charge in [0.25, 0.3) is 5.91 Å². The van der Waals surface area contributed by atoms with Gasteiger partial charge >= 0.3 is 0 Å². The van der Waals surface area contributed by atoms with Crippen LogP contribution in [0.4, 0.5) is 14.5 Å². The molecule has 29 heavy (non-hydrogen) atoms. The molecule has 1 saturated heterocycles. The fourth-order valence-corrected chi connectivity index (χ4v) is 5.07. The summed E-state index contributed by atoms with van der Waals surface area (Å²) in [6, 6.07) is 4.28. The van der Waals surface area contributed by atoms with Crippen molar-refractivity contribution in [3.05, 3.63) is 57.1 Å². The monoisotopic (exact) mass is 464 g/mol. The van der Waals surface area contributed by atoms with E-state index in [1.165, 1.54) is 17.3 Å². The van der Waals surface area contributed by atoms with E-state index in [9.17, 15) is 22.0 Å². The minimum atomic E-state index is -3.98. The van der Waals surface area contributed by atoms with Crippen molar-refractivity contribution in [2.45, 2.75) is 11.8 Å². The summed E-state index contributed by atoms with van der Waals surface area (Å²) >= 11 is 12.2. The maximum absolute atomic E-state index is 13.6. The number of rotatable bonds is 4. The van der Waals surface area contributed by atoms with Gasteiger partial charge in [-0.25, -0.2) is 17.2 Å². The molecular formula is C18H16Cl2F2N2O4S. The van der Waals surface area contributed by atoms with Gasteiger partial charge in [-0.15, -0.1) is 0 Å². The number of nitrogens with one attached hydrogen (secondary N) is 1. The molecule has 0 aromatic heterocycles. The number of benzene rings is 2. The number of morpholine rings is 1. The standard InChI is InChI=1S/C18H16Cl2F2N2O4S/c1-10-6-11(7-15(21)17(10)22)23-18(25)12-8-16(14(20)9-13(12)19)29(26,27)24-2-4-28-5-3-24/h6-9H,2-5H2,1H3,(H,23,25). The van der Waals surface area contributed by atoms with Crippen LogP contribution in [0, 0.1) is 18.6 Å². The Morgan fingerprint density at radius 1 is 1.10 bits per heavy atom. The Morgan fingerprint density at radius 2 is 1.76 bits per heavy atom. The highest BCUT2D eigenvalue weighted by Crippen LogP contribution is 2.31. The molecule has 3 rings (SSSR count). The van der Waals surface area contributed by atoms with Crippen LogP contribution in [0.1, 0.15) is 15.9 Å². The van der Waals surface area contributed by atoms with E-state index >= 15 is 0 Å². The second-order valence-corrected chi connectivity index (χ2v) is 9.04. The van der Waals surface area contributed by atoms with Crippen LogP contribution in [0.25, 0.3) is 0 Å². The molecule has 1 amide bonds. The SMILES string of the molecule is Cc1cc(NC(=O)c2cc(S(=O)(=O)N3CCOCC3)c(Cl)cc2Cl)cc(F)c1F. The van der Waals surface area contributed by atoms with Gasteiger partial charge in [-0.1, -0.05) is 23.2 Å². The lowest BCUT2D eigenvalue weighted by atomic mass is 10.1. The summed E-state index contributed by atoms with van der Waals surface area (Å²) in [5, 5.41) is 2.16. The van der Waals surface area contributed by atoms with Crippen molar-refractivity contribution in [2.75, 3.05) is 31.6 Å². The van der Waals surface area contributed by atoms with Crippen LogP contribution in [0.15, 0.2) is 29.2 Å². The summed E-state index contributed by atoms with van der Waals surface area (Å²) in [6.45, 7) is 2.13. The van der Waals surface area contributed by atoms with E-state index in [-0.39, 0.29) is 58.1 Å². The topological polar surface area (TPSA) is 75.7 Å². The second kappa shape index (κ2) is 8.53. The molecule has 1 heterocycles. The van der Waals surface area contributed by atoms with Gasteiger partial charge in [0.1, 0.15) is 4.90 Å². The molecule has 1 aliphatic heterocycles. The Kier molecular flexibility index (Phi) is 6.45. The Labute approximate surface area is 176 Å². The van der Waals surface area contributed by atoms with Crippen molar-refractivity contribution in [2.24, 2.45) is 0 Å². The molecular weight excluding hydrogens is 449 g/mol. The summed E-state index contributed by atoms with van der Waals surface area (Å²) < 4.78 is 59.2. The zero-order valence-corrected chi connectivity index (χ0v) is 17.5. The first kappa shape index (κ1) is 21.9. The van der Waals surface area contributed by atoms with Crippen molar-refractivity contribution in [3.8, 4) is 0 Å². The predicted octanol–water partition coefficient (Wildman–Crippen LogP) is 3.85.